The van der Waals surface area contributed by atoms with Crippen molar-refractivity contribution in [3.63, 3.8) is 0 Å². The molecule has 5 aromatic rings. The number of nitrogen functional groups attached to an aromatic ring is 1. The van der Waals surface area contributed by atoms with Crippen LogP contribution in [0.5, 0.6) is 0 Å². The molecule has 0 unspecified atom stereocenters. The number of primary sulfonamides is 1. The minimum absolute atomic E-state index is 0.0366. The van der Waals surface area contributed by atoms with E-state index in [1.165, 1.54) is 6.07 Å². The first-order valence-electron chi connectivity index (χ1n) is 11.5. The summed E-state index contributed by atoms with van der Waals surface area (Å²) in [5.41, 5.74) is 9.61. The highest BCUT2D eigenvalue weighted by Gasteiger charge is 2.17. The largest absolute Gasteiger partial charge is 0.383 e. The number of aryl methyl sites for hydroxylation is 1. The van der Waals surface area contributed by atoms with Gasteiger partial charge in [-0.3, -0.25) is 14.8 Å². The molecule has 3 heterocycles. The van der Waals surface area contributed by atoms with E-state index in [0.29, 0.717) is 52.2 Å². The SMILES string of the molecule is Cc1ccc2cc(Cc3cc(C(=O)NCc4ccc5c(N)nccc5c4)ccn3)cc(S(N)(=O)=O)c2n1. The van der Waals surface area contributed by atoms with Gasteiger partial charge in [-0.1, -0.05) is 18.2 Å². The molecule has 0 bridgehead atoms. The molecule has 5 rings (SSSR count). The fourth-order valence-corrected chi connectivity index (χ4v) is 5.00. The van der Waals surface area contributed by atoms with Crippen molar-refractivity contribution in [1.82, 2.24) is 20.3 Å². The molecule has 37 heavy (non-hydrogen) atoms. The minimum atomic E-state index is -3.99. The lowest BCUT2D eigenvalue weighted by atomic mass is 10.0. The van der Waals surface area contributed by atoms with Crippen LogP contribution in [-0.2, 0) is 23.0 Å². The number of anilines is 1. The number of hydrogen-bond acceptors (Lipinski definition) is 7. The normalized spacial score (nSPS) is 11.6. The molecule has 0 saturated heterocycles. The first kappa shape index (κ1) is 24.3. The molecule has 186 valence electrons. The van der Waals surface area contributed by atoms with Crippen molar-refractivity contribution in [3.8, 4) is 0 Å². The van der Waals surface area contributed by atoms with Crippen molar-refractivity contribution in [1.29, 1.82) is 0 Å². The summed E-state index contributed by atoms with van der Waals surface area (Å²) in [6.07, 6.45) is 3.52. The third-order valence-corrected chi connectivity index (χ3v) is 6.96. The maximum absolute atomic E-state index is 12.9. The number of carbonyl (C=O) groups excluding carboxylic acids is 1. The van der Waals surface area contributed by atoms with E-state index in [9.17, 15) is 13.2 Å². The number of rotatable bonds is 6. The van der Waals surface area contributed by atoms with Crippen LogP contribution < -0.4 is 16.2 Å². The Labute approximate surface area is 213 Å². The number of nitrogens with zero attached hydrogens (tertiary/aromatic N) is 3. The fraction of sp³-hybridized carbons (Fsp3) is 0.111. The molecule has 3 aromatic heterocycles. The smallest absolute Gasteiger partial charge is 0.251 e. The van der Waals surface area contributed by atoms with Crippen LogP contribution >= 0.6 is 0 Å². The van der Waals surface area contributed by atoms with Crippen LogP contribution in [0.1, 0.15) is 32.9 Å². The van der Waals surface area contributed by atoms with Gasteiger partial charge in [0, 0.05) is 53.1 Å². The topological polar surface area (TPSA) is 154 Å². The number of benzene rings is 2. The fourth-order valence-electron chi connectivity index (χ4n) is 4.25. The van der Waals surface area contributed by atoms with Crippen LogP contribution in [0, 0.1) is 6.92 Å². The first-order chi connectivity index (χ1) is 17.7. The molecule has 9 nitrogen and oxygen atoms in total. The third-order valence-electron chi connectivity index (χ3n) is 6.04. The zero-order chi connectivity index (χ0) is 26.2. The molecule has 2 aromatic carbocycles. The van der Waals surface area contributed by atoms with Crippen molar-refractivity contribution in [2.24, 2.45) is 5.14 Å². The Bertz CT molecular complexity index is 1790. The van der Waals surface area contributed by atoms with E-state index in [1.54, 1.807) is 31.5 Å². The summed E-state index contributed by atoms with van der Waals surface area (Å²) >= 11 is 0. The van der Waals surface area contributed by atoms with E-state index in [1.807, 2.05) is 42.5 Å². The van der Waals surface area contributed by atoms with Gasteiger partial charge in [0.1, 0.15) is 10.7 Å². The van der Waals surface area contributed by atoms with Crippen LogP contribution in [0.25, 0.3) is 21.7 Å². The standard InChI is InChI=1S/C27H24N6O3S/c1-16-2-4-20-11-18(13-24(25(20)33-16)37(29,35)36)12-22-14-21(7-8-30-22)27(34)32-15-17-3-5-23-19(10-17)6-9-31-26(23)28/h2-11,13-14H,12,15H2,1H3,(H2,28,31)(H,32,34)(H2,29,35,36). The Hall–Kier alpha value is -4.41. The average molecular weight is 513 g/mol. The van der Waals surface area contributed by atoms with Gasteiger partial charge in [0.15, 0.2) is 0 Å². The summed E-state index contributed by atoms with van der Waals surface area (Å²) in [6.45, 7) is 2.12. The Kier molecular flexibility index (Phi) is 6.28. The molecular weight excluding hydrogens is 488 g/mol. The molecule has 0 atom stereocenters. The third kappa shape index (κ3) is 5.25. The maximum atomic E-state index is 12.9. The van der Waals surface area contributed by atoms with E-state index in [2.05, 4.69) is 20.3 Å². The predicted octanol–water partition coefficient (Wildman–Crippen LogP) is 3.24. The summed E-state index contributed by atoms with van der Waals surface area (Å²) in [4.78, 5) is 25.6. The van der Waals surface area contributed by atoms with Crippen molar-refractivity contribution in [2.45, 2.75) is 24.8 Å². The molecule has 0 saturated carbocycles. The van der Waals surface area contributed by atoms with Crippen LogP contribution in [0.3, 0.4) is 0 Å². The summed E-state index contributed by atoms with van der Waals surface area (Å²) in [7, 11) is -3.99. The number of fused-ring (bicyclic) bond motifs is 2. The molecule has 0 radical (unpaired) electrons. The number of amides is 1. The van der Waals surface area contributed by atoms with E-state index in [-0.39, 0.29) is 10.8 Å². The van der Waals surface area contributed by atoms with Crippen molar-refractivity contribution in [2.75, 3.05) is 5.73 Å². The first-order valence-corrected chi connectivity index (χ1v) is 13.0. The van der Waals surface area contributed by atoms with Crippen molar-refractivity contribution >= 4 is 43.4 Å². The maximum Gasteiger partial charge on any atom is 0.251 e. The van der Waals surface area contributed by atoms with Gasteiger partial charge >= 0.3 is 0 Å². The molecule has 1 amide bonds. The van der Waals surface area contributed by atoms with Gasteiger partial charge in [-0.2, -0.15) is 0 Å². The summed E-state index contributed by atoms with van der Waals surface area (Å²) in [6, 6.07) is 17.9. The number of nitrogens with two attached hydrogens (primary N) is 2. The Morgan fingerprint density at radius 2 is 1.70 bits per heavy atom. The van der Waals surface area contributed by atoms with Crippen molar-refractivity contribution < 1.29 is 13.2 Å². The van der Waals surface area contributed by atoms with Gasteiger partial charge in [0.05, 0.1) is 5.52 Å². The molecule has 0 fully saturated rings. The monoisotopic (exact) mass is 512 g/mol. The minimum Gasteiger partial charge on any atom is -0.383 e. The van der Waals surface area contributed by atoms with E-state index < -0.39 is 10.0 Å². The van der Waals surface area contributed by atoms with Gasteiger partial charge in [-0.05, 0) is 65.9 Å². The Morgan fingerprint density at radius 1 is 0.919 bits per heavy atom. The van der Waals surface area contributed by atoms with Crippen LogP contribution in [0.15, 0.2) is 78.0 Å². The predicted molar refractivity (Wildman–Crippen MR) is 142 cm³/mol. The second kappa shape index (κ2) is 9.57. The second-order valence-electron chi connectivity index (χ2n) is 8.81. The highest BCUT2D eigenvalue weighted by molar-refractivity contribution is 7.89. The van der Waals surface area contributed by atoms with Gasteiger partial charge in [0.2, 0.25) is 10.0 Å². The number of pyridine rings is 3. The summed E-state index contributed by atoms with van der Waals surface area (Å²) in [5, 5.41) is 10.9. The number of sulfonamides is 1. The van der Waals surface area contributed by atoms with Crippen LogP contribution in [0.2, 0.25) is 0 Å². The van der Waals surface area contributed by atoms with E-state index in [4.69, 9.17) is 10.9 Å². The molecule has 10 heteroatoms. The molecule has 0 aliphatic rings. The lowest BCUT2D eigenvalue weighted by molar-refractivity contribution is 0.0950. The zero-order valence-corrected chi connectivity index (χ0v) is 20.8. The lowest BCUT2D eigenvalue weighted by Gasteiger charge is -2.10. The molecule has 5 N–H and O–H groups in total. The number of carbonyl (C=O) groups is 1. The average Bonchev–Trinajstić information content (AvgIpc) is 2.86. The summed E-state index contributed by atoms with van der Waals surface area (Å²) < 4.78 is 24.5. The number of nitrogens with one attached hydrogen (secondary N) is 1. The van der Waals surface area contributed by atoms with E-state index in [0.717, 1.165) is 16.3 Å². The van der Waals surface area contributed by atoms with Gasteiger partial charge < -0.3 is 11.1 Å². The van der Waals surface area contributed by atoms with Gasteiger partial charge in [-0.25, -0.2) is 18.5 Å². The van der Waals surface area contributed by atoms with Crippen molar-refractivity contribution in [3.05, 3.63) is 101 Å². The molecule has 0 spiro atoms. The van der Waals surface area contributed by atoms with E-state index >= 15 is 0 Å². The molecule has 0 aliphatic carbocycles. The van der Waals surface area contributed by atoms with Crippen LogP contribution in [0.4, 0.5) is 5.82 Å². The zero-order valence-electron chi connectivity index (χ0n) is 20.0. The second-order valence-corrected chi connectivity index (χ2v) is 10.3. The van der Waals surface area contributed by atoms with Gasteiger partial charge in [0.25, 0.3) is 5.91 Å². The Balaban J connectivity index is 1.36. The number of hydrogen-bond donors (Lipinski definition) is 3. The molecule has 0 aliphatic heterocycles. The summed E-state index contributed by atoms with van der Waals surface area (Å²) in [5.74, 6) is 0.216. The molecular formula is C27H24N6O3S. The lowest BCUT2D eigenvalue weighted by Crippen LogP contribution is -2.23. The van der Waals surface area contributed by atoms with Crippen LogP contribution in [-0.4, -0.2) is 29.3 Å². The Morgan fingerprint density at radius 3 is 2.51 bits per heavy atom. The number of aromatic nitrogens is 3. The van der Waals surface area contributed by atoms with Gasteiger partial charge in [-0.15, -0.1) is 0 Å². The highest BCUT2D eigenvalue weighted by Crippen LogP contribution is 2.25. The highest BCUT2D eigenvalue weighted by atomic mass is 32.2. The quantitative estimate of drug-likeness (QED) is 0.315.